The number of halogens is 3. The van der Waals surface area contributed by atoms with Gasteiger partial charge in [0.25, 0.3) is 0 Å². The minimum atomic E-state index is -4.62. The molecule has 0 fully saturated rings. The van der Waals surface area contributed by atoms with Gasteiger partial charge in [-0.3, -0.25) is 0 Å². The van der Waals surface area contributed by atoms with E-state index in [0.29, 0.717) is 29.4 Å². The second-order valence-electron chi connectivity index (χ2n) is 8.45. The van der Waals surface area contributed by atoms with Crippen molar-refractivity contribution in [1.29, 1.82) is 0 Å². The van der Waals surface area contributed by atoms with E-state index in [0.717, 1.165) is 11.8 Å². The van der Waals surface area contributed by atoms with Gasteiger partial charge in [-0.15, -0.1) is 0 Å². The van der Waals surface area contributed by atoms with Crippen molar-refractivity contribution < 1.29 is 22.6 Å². The van der Waals surface area contributed by atoms with E-state index in [1.165, 1.54) is 25.4 Å². The number of benzene rings is 1. The van der Waals surface area contributed by atoms with Gasteiger partial charge in [0.15, 0.2) is 5.69 Å². The van der Waals surface area contributed by atoms with E-state index in [1.54, 1.807) is 29.8 Å². The maximum Gasteiger partial charge on any atom is 0.415 e. The summed E-state index contributed by atoms with van der Waals surface area (Å²) < 4.78 is 54.2. The number of fused-ring (bicyclic) bond motifs is 1. The monoisotopic (exact) mass is 483 g/mol. The number of ether oxygens (including phenoxy) is 2. The van der Waals surface area contributed by atoms with Crippen molar-refractivity contribution in [3.8, 4) is 11.1 Å². The largest absolute Gasteiger partial charge is 0.483 e. The van der Waals surface area contributed by atoms with Crippen LogP contribution >= 0.6 is 0 Å². The third-order valence-corrected chi connectivity index (χ3v) is 5.90. The van der Waals surface area contributed by atoms with Crippen molar-refractivity contribution in [1.82, 2.24) is 9.38 Å². The van der Waals surface area contributed by atoms with Gasteiger partial charge >= 0.3 is 6.18 Å². The van der Waals surface area contributed by atoms with E-state index in [1.807, 2.05) is 13.8 Å². The molecule has 0 unspecified atom stereocenters. The van der Waals surface area contributed by atoms with Gasteiger partial charge in [-0.1, -0.05) is 26.0 Å². The van der Waals surface area contributed by atoms with Crippen LogP contribution in [0.3, 0.4) is 0 Å². The van der Waals surface area contributed by atoms with E-state index in [4.69, 9.17) is 21.0 Å². The van der Waals surface area contributed by atoms with Gasteiger partial charge in [-0.25, -0.2) is 19.8 Å². The third-order valence-electron chi connectivity index (χ3n) is 5.90. The number of rotatable bonds is 4. The molecular formula is C25H24F3N5O2. The SMILES string of the molecule is [C-]#[N+]c1ccc(-c2ccc(C[C@@H]3N=C(OC)[C@@H](C(C)C)N=C3OC)n3ccnc23)c(C(F)(F)F)c1. The number of nitrogens with zero attached hydrogens (tertiary/aromatic N) is 5. The number of alkyl halides is 3. The normalized spacial score (nSPS) is 18.3. The van der Waals surface area contributed by atoms with E-state index >= 15 is 0 Å². The van der Waals surface area contributed by atoms with E-state index < -0.39 is 17.8 Å². The quantitative estimate of drug-likeness (QED) is 0.453. The molecule has 1 aliphatic rings. The first-order chi connectivity index (χ1) is 16.7. The fourth-order valence-corrected chi connectivity index (χ4v) is 4.21. The molecule has 1 aliphatic heterocycles. The lowest BCUT2D eigenvalue weighted by atomic mass is 9.98. The summed E-state index contributed by atoms with van der Waals surface area (Å²) >= 11 is 0. The molecule has 10 heteroatoms. The number of hydrogen-bond acceptors (Lipinski definition) is 5. The molecule has 35 heavy (non-hydrogen) atoms. The molecule has 4 rings (SSSR count). The fraction of sp³-hybridized carbons (Fsp3) is 0.360. The topological polar surface area (TPSA) is 64.8 Å². The van der Waals surface area contributed by atoms with Gasteiger partial charge in [0, 0.05) is 30.1 Å². The molecule has 3 aromatic rings. The summed E-state index contributed by atoms with van der Waals surface area (Å²) in [6.07, 6.45) is -1.02. The molecule has 3 heterocycles. The Labute approximate surface area is 200 Å². The first-order valence-electron chi connectivity index (χ1n) is 10.9. The lowest BCUT2D eigenvalue weighted by molar-refractivity contribution is -0.137. The zero-order chi connectivity index (χ0) is 25.3. The van der Waals surface area contributed by atoms with Crippen LogP contribution in [-0.4, -0.2) is 47.5 Å². The zero-order valence-corrected chi connectivity index (χ0v) is 19.7. The molecule has 0 N–H and O–H groups in total. The van der Waals surface area contributed by atoms with E-state index in [-0.39, 0.29) is 23.2 Å². The Hall–Kier alpha value is -3.87. The van der Waals surface area contributed by atoms with Crippen molar-refractivity contribution in [2.45, 2.75) is 38.5 Å². The predicted octanol–water partition coefficient (Wildman–Crippen LogP) is 5.61. The Morgan fingerprint density at radius 1 is 1.06 bits per heavy atom. The maximum absolute atomic E-state index is 13.8. The summed E-state index contributed by atoms with van der Waals surface area (Å²) in [6.45, 7) is 11.1. The molecule has 1 aromatic carbocycles. The highest BCUT2D eigenvalue weighted by Gasteiger charge is 2.35. The second kappa shape index (κ2) is 9.41. The summed E-state index contributed by atoms with van der Waals surface area (Å²) in [6, 6.07) is 6.22. The fourth-order valence-electron chi connectivity index (χ4n) is 4.21. The summed E-state index contributed by atoms with van der Waals surface area (Å²) in [5, 5.41) is 0. The minimum Gasteiger partial charge on any atom is -0.483 e. The smallest absolute Gasteiger partial charge is 0.415 e. The number of pyridine rings is 1. The second-order valence-corrected chi connectivity index (χ2v) is 8.45. The van der Waals surface area contributed by atoms with Gasteiger partial charge in [-0.2, -0.15) is 13.2 Å². The zero-order valence-electron chi connectivity index (χ0n) is 19.7. The first-order valence-corrected chi connectivity index (χ1v) is 10.9. The molecule has 0 aliphatic carbocycles. The van der Waals surface area contributed by atoms with Crippen LogP contribution in [0, 0.1) is 12.5 Å². The van der Waals surface area contributed by atoms with Crippen molar-refractivity contribution in [3.63, 3.8) is 0 Å². The van der Waals surface area contributed by atoms with Gasteiger partial charge in [-0.05, 0) is 29.7 Å². The van der Waals surface area contributed by atoms with E-state index in [2.05, 4.69) is 14.8 Å². The maximum atomic E-state index is 13.8. The Morgan fingerprint density at radius 3 is 2.40 bits per heavy atom. The Balaban J connectivity index is 1.77. The molecule has 0 saturated heterocycles. The Kier molecular flexibility index (Phi) is 6.52. The highest BCUT2D eigenvalue weighted by molar-refractivity contribution is 5.94. The number of hydrogen-bond donors (Lipinski definition) is 0. The molecule has 0 radical (unpaired) electrons. The summed E-state index contributed by atoms with van der Waals surface area (Å²) in [7, 11) is 3.09. The molecular weight excluding hydrogens is 459 g/mol. The highest BCUT2D eigenvalue weighted by Crippen LogP contribution is 2.40. The van der Waals surface area contributed by atoms with Crippen LogP contribution < -0.4 is 0 Å². The van der Waals surface area contributed by atoms with Crippen LogP contribution in [-0.2, 0) is 22.1 Å². The summed E-state index contributed by atoms with van der Waals surface area (Å²) in [5.74, 6) is 1.14. The standard InChI is InChI=1S/C25H24F3N5O2/c1-14(2)21-24(35-5)31-20(23(32-21)34-4)13-16-7-9-18(22-30-10-11-33(16)22)17-8-6-15(29-3)12-19(17)25(26,27)28/h6-12,14,20-21H,13H2,1-2,4-5H3/t20-,21+/m0/s1. The van der Waals surface area contributed by atoms with Crippen LogP contribution in [0.5, 0.6) is 0 Å². The molecule has 7 nitrogen and oxygen atoms in total. The molecule has 0 spiro atoms. The van der Waals surface area contributed by atoms with Crippen LogP contribution in [0.25, 0.3) is 21.6 Å². The predicted molar refractivity (Wildman–Crippen MR) is 127 cm³/mol. The molecule has 182 valence electrons. The average molecular weight is 483 g/mol. The van der Waals surface area contributed by atoms with Crippen LogP contribution in [0.15, 0.2) is 52.7 Å². The molecule has 0 saturated carbocycles. The lowest BCUT2D eigenvalue weighted by Crippen LogP contribution is -2.38. The average Bonchev–Trinajstić information content (AvgIpc) is 3.33. The summed E-state index contributed by atoms with van der Waals surface area (Å²) in [4.78, 5) is 16.9. The molecule has 0 bridgehead atoms. The third kappa shape index (κ3) is 4.58. The summed E-state index contributed by atoms with van der Waals surface area (Å²) in [5.41, 5.74) is 0.457. The minimum absolute atomic E-state index is 0.0380. The molecule has 2 atom stereocenters. The number of methoxy groups -OCH3 is 2. The Morgan fingerprint density at radius 2 is 1.77 bits per heavy atom. The van der Waals surface area contributed by atoms with Gasteiger partial charge in [0.1, 0.15) is 17.7 Å². The number of imidazole rings is 1. The van der Waals surface area contributed by atoms with Gasteiger partial charge in [0.05, 0.1) is 26.4 Å². The Bertz CT molecular complexity index is 1350. The van der Waals surface area contributed by atoms with Crippen molar-refractivity contribution in [2.75, 3.05) is 14.2 Å². The first kappa shape index (κ1) is 24.3. The van der Waals surface area contributed by atoms with Crippen LogP contribution in [0.2, 0.25) is 0 Å². The van der Waals surface area contributed by atoms with Crippen molar-refractivity contribution in [3.05, 3.63) is 65.4 Å². The van der Waals surface area contributed by atoms with Crippen molar-refractivity contribution >= 4 is 23.1 Å². The van der Waals surface area contributed by atoms with Gasteiger partial charge < -0.3 is 13.9 Å². The molecule has 2 aromatic heterocycles. The lowest BCUT2D eigenvalue weighted by Gasteiger charge is -2.27. The van der Waals surface area contributed by atoms with Crippen LogP contribution in [0.4, 0.5) is 18.9 Å². The van der Waals surface area contributed by atoms with Crippen LogP contribution in [0.1, 0.15) is 25.1 Å². The van der Waals surface area contributed by atoms with Crippen molar-refractivity contribution in [2.24, 2.45) is 15.9 Å². The van der Waals surface area contributed by atoms with Gasteiger partial charge in [0.2, 0.25) is 11.8 Å². The van der Waals surface area contributed by atoms with E-state index in [9.17, 15) is 13.2 Å². The number of aliphatic imine (C=N–C) groups is 2. The highest BCUT2D eigenvalue weighted by atomic mass is 19.4. The molecule has 0 amide bonds. The number of aromatic nitrogens is 2.